The molecule has 0 saturated heterocycles. The first kappa shape index (κ1) is 12.7. The lowest BCUT2D eigenvalue weighted by molar-refractivity contribution is -0.136. The molecular formula is C16H22N2O. The van der Waals surface area contributed by atoms with Gasteiger partial charge in [0.25, 0.3) is 0 Å². The Morgan fingerprint density at radius 1 is 1.21 bits per heavy atom. The van der Waals surface area contributed by atoms with E-state index in [0.29, 0.717) is 5.91 Å². The summed E-state index contributed by atoms with van der Waals surface area (Å²) in [5, 5.41) is 0. The Morgan fingerprint density at radius 3 is 2.74 bits per heavy atom. The van der Waals surface area contributed by atoms with Crippen molar-refractivity contribution < 1.29 is 4.79 Å². The third-order valence-electron chi connectivity index (χ3n) is 4.49. The van der Waals surface area contributed by atoms with Gasteiger partial charge in [-0.1, -0.05) is 24.3 Å². The molecular weight excluding hydrogens is 236 g/mol. The van der Waals surface area contributed by atoms with Crippen LogP contribution in [-0.2, 0) is 17.8 Å². The van der Waals surface area contributed by atoms with E-state index in [0.717, 1.165) is 45.2 Å². The van der Waals surface area contributed by atoms with E-state index in [1.807, 2.05) is 0 Å². The van der Waals surface area contributed by atoms with Crippen LogP contribution in [-0.4, -0.2) is 23.4 Å². The van der Waals surface area contributed by atoms with Crippen LogP contribution >= 0.6 is 0 Å². The zero-order valence-electron chi connectivity index (χ0n) is 11.3. The van der Waals surface area contributed by atoms with Crippen molar-refractivity contribution in [2.75, 3.05) is 6.54 Å². The maximum absolute atomic E-state index is 12.6. The highest BCUT2D eigenvalue weighted by molar-refractivity contribution is 5.79. The molecule has 1 aromatic rings. The third kappa shape index (κ3) is 2.66. The first-order chi connectivity index (χ1) is 9.24. The lowest BCUT2D eigenvalue weighted by Crippen LogP contribution is -2.35. The topological polar surface area (TPSA) is 46.3 Å². The Kier molecular flexibility index (Phi) is 3.56. The molecule has 1 heterocycles. The number of nitrogens with two attached hydrogens (primary N) is 1. The van der Waals surface area contributed by atoms with Gasteiger partial charge in [-0.05, 0) is 43.2 Å². The van der Waals surface area contributed by atoms with Gasteiger partial charge in [0, 0.05) is 25.0 Å². The first-order valence-electron chi connectivity index (χ1n) is 7.35. The summed E-state index contributed by atoms with van der Waals surface area (Å²) in [6.07, 6.45) is 5.00. The minimum absolute atomic E-state index is 0.167. The Labute approximate surface area is 114 Å². The zero-order chi connectivity index (χ0) is 13.2. The second kappa shape index (κ2) is 5.33. The Morgan fingerprint density at radius 2 is 2.00 bits per heavy atom. The van der Waals surface area contributed by atoms with Gasteiger partial charge >= 0.3 is 0 Å². The first-order valence-corrected chi connectivity index (χ1v) is 7.35. The summed E-state index contributed by atoms with van der Waals surface area (Å²) in [6.45, 7) is 1.67. The largest absolute Gasteiger partial charge is 0.338 e. The number of rotatable bonds is 1. The van der Waals surface area contributed by atoms with Crippen LogP contribution in [0.15, 0.2) is 24.3 Å². The summed E-state index contributed by atoms with van der Waals surface area (Å²) in [7, 11) is 0. The van der Waals surface area contributed by atoms with Crippen LogP contribution in [0.3, 0.4) is 0 Å². The standard InChI is InChI=1S/C16H22N2O/c17-15-8-7-13(10-15)16(19)18-9-3-6-12-4-1-2-5-14(12)11-18/h1-2,4-5,13,15H,3,6-11,17H2. The number of amides is 1. The van der Waals surface area contributed by atoms with E-state index >= 15 is 0 Å². The molecule has 2 N–H and O–H groups in total. The van der Waals surface area contributed by atoms with Crippen molar-refractivity contribution in [1.29, 1.82) is 0 Å². The predicted octanol–water partition coefficient (Wildman–Crippen LogP) is 2.09. The molecule has 1 aromatic carbocycles. The number of aryl methyl sites for hydroxylation is 1. The van der Waals surface area contributed by atoms with Gasteiger partial charge in [-0.3, -0.25) is 4.79 Å². The molecule has 0 aromatic heterocycles. The average molecular weight is 258 g/mol. The Balaban J connectivity index is 1.73. The van der Waals surface area contributed by atoms with Crippen molar-refractivity contribution in [2.24, 2.45) is 11.7 Å². The Hall–Kier alpha value is -1.35. The molecule has 1 aliphatic heterocycles. The van der Waals surface area contributed by atoms with Gasteiger partial charge in [-0.2, -0.15) is 0 Å². The molecule has 1 fully saturated rings. The summed E-state index contributed by atoms with van der Waals surface area (Å²) < 4.78 is 0. The highest BCUT2D eigenvalue weighted by Gasteiger charge is 2.31. The second-order valence-electron chi connectivity index (χ2n) is 5.90. The van der Waals surface area contributed by atoms with E-state index in [-0.39, 0.29) is 12.0 Å². The summed E-state index contributed by atoms with van der Waals surface area (Å²) >= 11 is 0. The molecule has 0 spiro atoms. The fourth-order valence-corrected chi connectivity index (χ4v) is 3.39. The van der Waals surface area contributed by atoms with E-state index in [1.54, 1.807) is 0 Å². The van der Waals surface area contributed by atoms with E-state index < -0.39 is 0 Å². The molecule has 3 heteroatoms. The van der Waals surface area contributed by atoms with Gasteiger partial charge in [0.05, 0.1) is 0 Å². The highest BCUT2D eigenvalue weighted by atomic mass is 16.2. The normalized spacial score (nSPS) is 26.9. The maximum Gasteiger partial charge on any atom is 0.226 e. The van der Waals surface area contributed by atoms with Crippen LogP contribution < -0.4 is 5.73 Å². The molecule has 0 bridgehead atoms. The van der Waals surface area contributed by atoms with Gasteiger partial charge < -0.3 is 10.6 Å². The van der Waals surface area contributed by atoms with Crippen LogP contribution in [0.2, 0.25) is 0 Å². The number of hydrogen-bond donors (Lipinski definition) is 1. The molecule has 2 unspecified atom stereocenters. The van der Waals surface area contributed by atoms with Gasteiger partial charge in [-0.25, -0.2) is 0 Å². The number of carbonyl (C=O) groups excluding carboxylic acids is 1. The predicted molar refractivity (Wildman–Crippen MR) is 75.5 cm³/mol. The summed E-state index contributed by atoms with van der Waals surface area (Å²) in [4.78, 5) is 14.6. The number of carbonyl (C=O) groups is 1. The summed E-state index contributed by atoms with van der Waals surface area (Å²) in [6, 6.07) is 8.73. The van der Waals surface area contributed by atoms with Gasteiger partial charge in [0.15, 0.2) is 0 Å². The molecule has 2 atom stereocenters. The molecule has 1 aliphatic carbocycles. The quantitative estimate of drug-likeness (QED) is 0.838. The molecule has 1 saturated carbocycles. The molecule has 3 rings (SSSR count). The second-order valence-corrected chi connectivity index (χ2v) is 5.90. The molecule has 2 aliphatic rings. The van der Waals surface area contributed by atoms with E-state index in [2.05, 4.69) is 29.2 Å². The van der Waals surface area contributed by atoms with Crippen LogP contribution in [0.5, 0.6) is 0 Å². The molecule has 102 valence electrons. The number of hydrogen-bond acceptors (Lipinski definition) is 2. The van der Waals surface area contributed by atoms with Crippen molar-refractivity contribution >= 4 is 5.91 Å². The van der Waals surface area contributed by atoms with Crippen molar-refractivity contribution in [1.82, 2.24) is 4.90 Å². The van der Waals surface area contributed by atoms with Crippen LogP contribution in [0.25, 0.3) is 0 Å². The van der Waals surface area contributed by atoms with Crippen molar-refractivity contribution in [2.45, 2.75) is 44.7 Å². The van der Waals surface area contributed by atoms with Crippen molar-refractivity contribution in [3.8, 4) is 0 Å². The van der Waals surface area contributed by atoms with E-state index in [4.69, 9.17) is 5.73 Å². The number of benzene rings is 1. The fraction of sp³-hybridized carbons (Fsp3) is 0.562. The summed E-state index contributed by atoms with van der Waals surface area (Å²) in [5.74, 6) is 0.491. The van der Waals surface area contributed by atoms with E-state index in [1.165, 1.54) is 11.1 Å². The lowest BCUT2D eigenvalue weighted by Gasteiger charge is -2.24. The molecule has 1 amide bonds. The summed E-state index contributed by atoms with van der Waals surface area (Å²) in [5.41, 5.74) is 8.65. The maximum atomic E-state index is 12.6. The minimum atomic E-state index is 0.167. The lowest BCUT2D eigenvalue weighted by atomic mass is 10.0. The number of fused-ring (bicyclic) bond motifs is 1. The fourth-order valence-electron chi connectivity index (χ4n) is 3.39. The SMILES string of the molecule is NC1CCC(C(=O)N2CCCc3ccccc3C2)C1. The Bertz CT molecular complexity index is 472. The molecule has 0 radical (unpaired) electrons. The zero-order valence-corrected chi connectivity index (χ0v) is 11.3. The van der Waals surface area contributed by atoms with Gasteiger partial charge in [0.2, 0.25) is 5.91 Å². The third-order valence-corrected chi connectivity index (χ3v) is 4.49. The minimum Gasteiger partial charge on any atom is -0.338 e. The van der Waals surface area contributed by atoms with Crippen molar-refractivity contribution in [3.05, 3.63) is 35.4 Å². The van der Waals surface area contributed by atoms with Gasteiger partial charge in [0.1, 0.15) is 0 Å². The molecule has 19 heavy (non-hydrogen) atoms. The van der Waals surface area contributed by atoms with Gasteiger partial charge in [-0.15, -0.1) is 0 Å². The average Bonchev–Trinajstić information content (AvgIpc) is 2.74. The monoisotopic (exact) mass is 258 g/mol. The highest BCUT2D eigenvalue weighted by Crippen LogP contribution is 2.28. The molecule has 3 nitrogen and oxygen atoms in total. The van der Waals surface area contributed by atoms with Crippen LogP contribution in [0, 0.1) is 5.92 Å². The van der Waals surface area contributed by atoms with E-state index in [9.17, 15) is 4.79 Å². The smallest absolute Gasteiger partial charge is 0.226 e. The van der Waals surface area contributed by atoms with Crippen LogP contribution in [0.1, 0.15) is 36.8 Å². The van der Waals surface area contributed by atoms with Crippen LogP contribution in [0.4, 0.5) is 0 Å². The number of nitrogens with zero attached hydrogens (tertiary/aromatic N) is 1. The van der Waals surface area contributed by atoms with Crippen molar-refractivity contribution in [3.63, 3.8) is 0 Å².